The highest BCUT2D eigenvalue weighted by atomic mass is 16.5. The van der Waals surface area contributed by atoms with Crippen molar-refractivity contribution < 1.29 is 9.53 Å². The minimum absolute atomic E-state index is 0.106. The lowest BCUT2D eigenvalue weighted by atomic mass is 10.1. The van der Waals surface area contributed by atoms with Crippen LogP contribution in [-0.2, 0) is 11.3 Å². The van der Waals surface area contributed by atoms with Gasteiger partial charge in [0.15, 0.2) is 0 Å². The average molecular weight is 271 g/mol. The second-order valence-corrected chi connectivity index (χ2v) is 5.42. The fourth-order valence-electron chi connectivity index (χ4n) is 2.15. The van der Waals surface area contributed by atoms with E-state index in [1.165, 1.54) is 0 Å². The quantitative estimate of drug-likeness (QED) is 0.903. The summed E-state index contributed by atoms with van der Waals surface area (Å²) < 4.78 is 5.21. The molecule has 0 unspecified atom stereocenters. The van der Waals surface area contributed by atoms with Gasteiger partial charge in [-0.3, -0.25) is 4.79 Å². The third-order valence-electron chi connectivity index (χ3n) is 3.20. The molecule has 0 aliphatic carbocycles. The van der Waals surface area contributed by atoms with Crippen molar-refractivity contribution in [2.45, 2.75) is 26.8 Å². The van der Waals surface area contributed by atoms with Crippen LogP contribution in [0.5, 0.6) is 5.75 Å². The van der Waals surface area contributed by atoms with Gasteiger partial charge >= 0.3 is 0 Å². The first kappa shape index (κ1) is 14.4. The minimum Gasteiger partial charge on any atom is -0.497 e. The van der Waals surface area contributed by atoms with Crippen molar-refractivity contribution in [3.63, 3.8) is 0 Å². The Kier molecular flexibility index (Phi) is 4.61. The number of carbonyl (C=O) groups is 1. The molecule has 106 valence electrons. The molecule has 0 heterocycles. The summed E-state index contributed by atoms with van der Waals surface area (Å²) in [6.45, 7) is 4.67. The molecule has 0 aliphatic rings. The first-order valence-electron chi connectivity index (χ1n) is 6.92. The van der Waals surface area contributed by atoms with E-state index in [2.05, 4.69) is 17.4 Å². The van der Waals surface area contributed by atoms with E-state index in [9.17, 15) is 4.79 Å². The Hall–Kier alpha value is -2.03. The molecule has 2 rings (SSSR count). The van der Waals surface area contributed by atoms with Crippen LogP contribution >= 0.6 is 0 Å². The van der Waals surface area contributed by atoms with E-state index in [0.717, 1.165) is 22.1 Å². The fourth-order valence-corrected chi connectivity index (χ4v) is 2.15. The number of methoxy groups -OCH3 is 1. The van der Waals surface area contributed by atoms with Crippen LogP contribution in [-0.4, -0.2) is 13.0 Å². The van der Waals surface area contributed by atoms with Crippen LogP contribution in [0.4, 0.5) is 0 Å². The maximum Gasteiger partial charge on any atom is 0.220 e. The Bertz CT molecular complexity index is 605. The molecule has 0 bridgehead atoms. The summed E-state index contributed by atoms with van der Waals surface area (Å²) >= 11 is 0. The van der Waals surface area contributed by atoms with Gasteiger partial charge in [-0.05, 0) is 40.5 Å². The Morgan fingerprint density at radius 2 is 1.85 bits per heavy atom. The number of ether oxygens (including phenoxy) is 1. The number of hydrogen-bond donors (Lipinski definition) is 1. The maximum atomic E-state index is 11.6. The first-order chi connectivity index (χ1) is 9.58. The van der Waals surface area contributed by atoms with Crippen molar-refractivity contribution in [3.8, 4) is 5.75 Å². The van der Waals surface area contributed by atoms with Crippen LogP contribution < -0.4 is 10.1 Å². The molecule has 3 nitrogen and oxygen atoms in total. The van der Waals surface area contributed by atoms with Gasteiger partial charge in [0.25, 0.3) is 0 Å². The van der Waals surface area contributed by atoms with E-state index in [0.29, 0.717) is 18.9 Å². The summed E-state index contributed by atoms with van der Waals surface area (Å²) in [5.74, 6) is 1.35. The van der Waals surface area contributed by atoms with Gasteiger partial charge < -0.3 is 10.1 Å². The Balaban J connectivity index is 2.06. The van der Waals surface area contributed by atoms with Crippen LogP contribution in [0.3, 0.4) is 0 Å². The molecule has 2 aromatic rings. The predicted molar refractivity (Wildman–Crippen MR) is 81.8 cm³/mol. The van der Waals surface area contributed by atoms with E-state index in [1.807, 2.05) is 38.1 Å². The Morgan fingerprint density at radius 3 is 2.55 bits per heavy atom. The SMILES string of the molecule is COc1ccc2cc(CNC(=O)CC(C)C)ccc2c1. The van der Waals surface area contributed by atoms with Crippen molar-refractivity contribution >= 4 is 16.7 Å². The first-order valence-corrected chi connectivity index (χ1v) is 6.92. The second kappa shape index (κ2) is 6.42. The van der Waals surface area contributed by atoms with E-state index in [1.54, 1.807) is 7.11 Å². The summed E-state index contributed by atoms with van der Waals surface area (Å²) in [7, 11) is 1.67. The summed E-state index contributed by atoms with van der Waals surface area (Å²) in [5.41, 5.74) is 1.11. The average Bonchev–Trinajstić information content (AvgIpc) is 2.43. The van der Waals surface area contributed by atoms with Gasteiger partial charge in [-0.2, -0.15) is 0 Å². The molecule has 0 aromatic heterocycles. The molecule has 20 heavy (non-hydrogen) atoms. The maximum absolute atomic E-state index is 11.6. The summed E-state index contributed by atoms with van der Waals surface area (Å²) in [5, 5.41) is 5.25. The summed E-state index contributed by atoms with van der Waals surface area (Å²) in [6, 6.07) is 12.2. The molecular weight excluding hydrogens is 250 g/mol. The van der Waals surface area contributed by atoms with E-state index < -0.39 is 0 Å². The Labute approximate surface area is 119 Å². The van der Waals surface area contributed by atoms with Gasteiger partial charge in [0.1, 0.15) is 5.75 Å². The van der Waals surface area contributed by atoms with Crippen LogP contribution in [0.15, 0.2) is 36.4 Å². The second-order valence-electron chi connectivity index (χ2n) is 5.42. The smallest absolute Gasteiger partial charge is 0.220 e. The molecule has 3 heteroatoms. The summed E-state index contributed by atoms with van der Waals surface area (Å²) in [6.07, 6.45) is 0.574. The lowest BCUT2D eigenvalue weighted by Crippen LogP contribution is -2.23. The highest BCUT2D eigenvalue weighted by molar-refractivity contribution is 5.84. The molecular formula is C17H21NO2. The van der Waals surface area contributed by atoms with Crippen LogP contribution in [0.2, 0.25) is 0 Å². The van der Waals surface area contributed by atoms with Crippen molar-refractivity contribution in [2.24, 2.45) is 5.92 Å². The standard InChI is InChI=1S/C17H21NO2/c1-12(2)8-17(19)18-11-13-4-5-15-10-16(20-3)7-6-14(15)9-13/h4-7,9-10,12H,8,11H2,1-3H3,(H,18,19). The summed E-state index contributed by atoms with van der Waals surface area (Å²) in [4.78, 5) is 11.6. The van der Waals surface area contributed by atoms with Gasteiger partial charge in [0, 0.05) is 13.0 Å². The molecule has 0 spiro atoms. The van der Waals surface area contributed by atoms with Crippen LogP contribution in [0.1, 0.15) is 25.8 Å². The zero-order chi connectivity index (χ0) is 14.5. The Morgan fingerprint density at radius 1 is 1.15 bits per heavy atom. The zero-order valence-corrected chi connectivity index (χ0v) is 12.3. The topological polar surface area (TPSA) is 38.3 Å². The highest BCUT2D eigenvalue weighted by Gasteiger charge is 2.05. The molecule has 1 N–H and O–H groups in total. The lowest BCUT2D eigenvalue weighted by Gasteiger charge is -2.08. The van der Waals surface area contributed by atoms with Crippen molar-refractivity contribution in [1.29, 1.82) is 0 Å². The molecule has 2 aromatic carbocycles. The monoisotopic (exact) mass is 271 g/mol. The molecule has 0 atom stereocenters. The van der Waals surface area contributed by atoms with Gasteiger partial charge in [0.2, 0.25) is 5.91 Å². The minimum atomic E-state index is 0.106. The normalized spacial score (nSPS) is 10.8. The molecule has 0 fully saturated rings. The van der Waals surface area contributed by atoms with Crippen molar-refractivity contribution in [2.75, 3.05) is 7.11 Å². The number of fused-ring (bicyclic) bond motifs is 1. The van der Waals surface area contributed by atoms with Gasteiger partial charge in [-0.15, -0.1) is 0 Å². The van der Waals surface area contributed by atoms with Crippen LogP contribution in [0.25, 0.3) is 10.8 Å². The molecule has 0 radical (unpaired) electrons. The molecule has 0 saturated heterocycles. The highest BCUT2D eigenvalue weighted by Crippen LogP contribution is 2.21. The molecule has 0 saturated carbocycles. The number of rotatable bonds is 5. The van der Waals surface area contributed by atoms with E-state index in [4.69, 9.17) is 4.74 Å². The van der Waals surface area contributed by atoms with Gasteiger partial charge in [0.05, 0.1) is 7.11 Å². The van der Waals surface area contributed by atoms with Crippen molar-refractivity contribution in [3.05, 3.63) is 42.0 Å². The zero-order valence-electron chi connectivity index (χ0n) is 12.3. The van der Waals surface area contributed by atoms with Crippen molar-refractivity contribution in [1.82, 2.24) is 5.32 Å². The predicted octanol–water partition coefficient (Wildman–Crippen LogP) is 3.51. The molecule has 0 aliphatic heterocycles. The fraction of sp³-hybridized carbons (Fsp3) is 0.353. The number of hydrogen-bond acceptors (Lipinski definition) is 2. The van der Waals surface area contributed by atoms with Gasteiger partial charge in [-0.25, -0.2) is 0 Å². The lowest BCUT2D eigenvalue weighted by molar-refractivity contribution is -0.121. The van der Waals surface area contributed by atoms with E-state index >= 15 is 0 Å². The largest absolute Gasteiger partial charge is 0.497 e. The van der Waals surface area contributed by atoms with Crippen LogP contribution in [0, 0.1) is 5.92 Å². The number of carbonyl (C=O) groups excluding carboxylic acids is 1. The number of nitrogens with one attached hydrogen (secondary N) is 1. The molecule has 1 amide bonds. The third-order valence-corrected chi connectivity index (χ3v) is 3.20. The number of benzene rings is 2. The van der Waals surface area contributed by atoms with Gasteiger partial charge in [-0.1, -0.05) is 32.0 Å². The number of amides is 1. The van der Waals surface area contributed by atoms with E-state index in [-0.39, 0.29) is 5.91 Å². The third kappa shape index (κ3) is 3.73.